The molecule has 4 rings (SSSR count). The second-order valence-electron chi connectivity index (χ2n) is 6.54. The van der Waals surface area contributed by atoms with E-state index in [1.54, 1.807) is 0 Å². The maximum absolute atomic E-state index is 6.00. The lowest BCUT2D eigenvalue weighted by atomic mass is 9.72. The molecule has 3 nitrogen and oxygen atoms in total. The molecule has 1 saturated heterocycles. The van der Waals surface area contributed by atoms with E-state index in [9.17, 15) is 0 Å². The summed E-state index contributed by atoms with van der Waals surface area (Å²) >= 11 is 0. The molecule has 0 unspecified atom stereocenters. The highest BCUT2D eigenvalue weighted by Gasteiger charge is 2.39. The number of H-pyrrole nitrogens is 1. The average molecular weight is 281 g/mol. The minimum atomic E-state index is 0.597. The fourth-order valence-electron chi connectivity index (χ4n) is 4.45. The highest BCUT2D eigenvalue weighted by atomic mass is 15.2. The van der Waals surface area contributed by atoms with Gasteiger partial charge in [-0.25, -0.2) is 0 Å². The van der Waals surface area contributed by atoms with Crippen molar-refractivity contribution < 1.29 is 0 Å². The van der Waals surface area contributed by atoms with Crippen LogP contribution < -0.4 is 5.73 Å². The molecule has 21 heavy (non-hydrogen) atoms. The summed E-state index contributed by atoms with van der Waals surface area (Å²) in [4.78, 5) is 6.03. The van der Waals surface area contributed by atoms with Crippen LogP contribution in [0.25, 0.3) is 10.9 Å². The zero-order chi connectivity index (χ0) is 14.4. The molecule has 3 heteroatoms. The van der Waals surface area contributed by atoms with Gasteiger partial charge in [0.1, 0.15) is 0 Å². The van der Waals surface area contributed by atoms with Crippen molar-refractivity contribution in [3.8, 4) is 0 Å². The third kappa shape index (κ3) is 1.95. The molecular weight excluding hydrogens is 258 g/mol. The number of hydrogen-bond donors (Lipinski definition) is 2. The van der Waals surface area contributed by atoms with Crippen molar-refractivity contribution in [3.05, 3.63) is 48.2 Å². The van der Waals surface area contributed by atoms with Gasteiger partial charge >= 0.3 is 0 Å². The number of nitrogens with two attached hydrogens (primary N) is 1. The Balaban J connectivity index is 1.81. The first-order chi connectivity index (χ1) is 10.3. The van der Waals surface area contributed by atoms with Gasteiger partial charge in [-0.05, 0) is 42.5 Å². The number of piperidine rings is 1. The molecule has 2 aromatic rings. The smallest absolute Gasteiger partial charge is 0.0459 e. The number of nitrogens with zero attached hydrogens (tertiary/aromatic N) is 1. The van der Waals surface area contributed by atoms with Crippen molar-refractivity contribution in [3.63, 3.8) is 0 Å². The maximum Gasteiger partial charge on any atom is 0.0459 e. The normalized spacial score (nSPS) is 28.5. The van der Waals surface area contributed by atoms with Gasteiger partial charge in [0.2, 0.25) is 0 Å². The lowest BCUT2D eigenvalue weighted by molar-refractivity contribution is 0.0996. The van der Waals surface area contributed by atoms with Gasteiger partial charge in [0.05, 0.1) is 0 Å². The van der Waals surface area contributed by atoms with E-state index < -0.39 is 0 Å². The molecule has 0 radical (unpaired) electrons. The van der Waals surface area contributed by atoms with Crippen LogP contribution in [-0.4, -0.2) is 35.6 Å². The third-order valence-electron chi connectivity index (χ3n) is 5.36. The van der Waals surface area contributed by atoms with Crippen LogP contribution in [0, 0.1) is 5.92 Å². The number of rotatable bonds is 3. The first-order valence-corrected chi connectivity index (χ1v) is 7.95. The molecule has 3 N–H and O–H groups in total. The molecule has 0 amide bonds. The summed E-state index contributed by atoms with van der Waals surface area (Å²) in [6, 6.07) is 7.29. The largest absolute Gasteiger partial charge is 0.361 e. The molecule has 1 aromatic carbocycles. The Morgan fingerprint density at radius 1 is 1.43 bits per heavy atom. The van der Waals surface area contributed by atoms with Crippen LogP contribution in [0.15, 0.2) is 37.1 Å². The minimum Gasteiger partial charge on any atom is -0.361 e. The summed E-state index contributed by atoms with van der Waals surface area (Å²) in [5.41, 5.74) is 10.3. The summed E-state index contributed by atoms with van der Waals surface area (Å²) in [5, 5.41) is 1.47. The summed E-state index contributed by atoms with van der Waals surface area (Å²) < 4.78 is 0. The molecule has 1 fully saturated rings. The molecule has 0 bridgehead atoms. The average Bonchev–Trinajstić information content (AvgIpc) is 2.93. The van der Waals surface area contributed by atoms with Gasteiger partial charge in [0, 0.05) is 42.1 Å². The van der Waals surface area contributed by atoms with Crippen molar-refractivity contribution in [2.75, 3.05) is 19.6 Å². The van der Waals surface area contributed by atoms with Crippen LogP contribution in [0.4, 0.5) is 0 Å². The highest BCUT2D eigenvalue weighted by Crippen LogP contribution is 2.44. The van der Waals surface area contributed by atoms with Gasteiger partial charge in [-0.15, -0.1) is 6.58 Å². The zero-order valence-corrected chi connectivity index (χ0v) is 12.4. The monoisotopic (exact) mass is 281 g/mol. The Hall–Kier alpha value is -1.58. The predicted octanol–water partition coefficient (Wildman–Crippen LogP) is 2.64. The van der Waals surface area contributed by atoms with Crippen LogP contribution in [-0.2, 0) is 6.42 Å². The number of aromatic nitrogens is 1. The van der Waals surface area contributed by atoms with Gasteiger partial charge < -0.3 is 10.7 Å². The Morgan fingerprint density at radius 3 is 3.14 bits per heavy atom. The zero-order valence-electron chi connectivity index (χ0n) is 12.4. The molecule has 2 heterocycles. The van der Waals surface area contributed by atoms with E-state index in [-0.39, 0.29) is 0 Å². The van der Waals surface area contributed by atoms with E-state index in [0.29, 0.717) is 17.9 Å². The van der Waals surface area contributed by atoms with Gasteiger partial charge in [-0.2, -0.15) is 0 Å². The molecule has 1 aliphatic carbocycles. The Kier molecular flexibility index (Phi) is 3.12. The number of benzene rings is 1. The maximum atomic E-state index is 6.00. The van der Waals surface area contributed by atoms with Gasteiger partial charge in [-0.3, -0.25) is 4.90 Å². The summed E-state index contributed by atoms with van der Waals surface area (Å²) in [5.74, 6) is 1.21. The SMILES string of the molecule is C=CCN1C[C@H](CN)C[C@@H]2c3cccc4[nH]cc(c34)C[C@H]21. The van der Waals surface area contributed by atoms with E-state index in [0.717, 1.165) is 26.1 Å². The predicted molar refractivity (Wildman–Crippen MR) is 87.5 cm³/mol. The Labute approximate surface area is 125 Å². The van der Waals surface area contributed by atoms with Crippen LogP contribution in [0.1, 0.15) is 23.5 Å². The van der Waals surface area contributed by atoms with Crippen LogP contribution >= 0.6 is 0 Å². The van der Waals surface area contributed by atoms with Crippen LogP contribution in [0.2, 0.25) is 0 Å². The second kappa shape index (κ2) is 5.00. The van der Waals surface area contributed by atoms with Gasteiger partial charge in [0.15, 0.2) is 0 Å². The van der Waals surface area contributed by atoms with E-state index in [2.05, 4.69) is 40.9 Å². The van der Waals surface area contributed by atoms with Crippen molar-refractivity contribution >= 4 is 10.9 Å². The quantitative estimate of drug-likeness (QED) is 0.850. The fraction of sp³-hybridized carbons (Fsp3) is 0.444. The van der Waals surface area contributed by atoms with Gasteiger partial charge in [-0.1, -0.05) is 18.2 Å². The van der Waals surface area contributed by atoms with Crippen molar-refractivity contribution in [2.45, 2.75) is 24.8 Å². The van der Waals surface area contributed by atoms with Crippen molar-refractivity contribution in [1.82, 2.24) is 9.88 Å². The number of aromatic amines is 1. The molecule has 3 atom stereocenters. The van der Waals surface area contributed by atoms with E-state index in [1.165, 1.54) is 28.5 Å². The molecule has 1 aliphatic heterocycles. The number of likely N-dealkylation sites (tertiary alicyclic amines) is 1. The second-order valence-corrected chi connectivity index (χ2v) is 6.54. The minimum absolute atomic E-state index is 0.597. The summed E-state index contributed by atoms with van der Waals surface area (Å²) in [6.07, 6.45) is 6.60. The fourth-order valence-corrected chi connectivity index (χ4v) is 4.45. The number of nitrogens with one attached hydrogen (secondary N) is 1. The number of fused-ring (bicyclic) bond motifs is 2. The summed E-state index contributed by atoms with van der Waals surface area (Å²) in [6.45, 7) is 6.80. The molecule has 0 saturated carbocycles. The molecule has 2 aliphatic rings. The van der Waals surface area contributed by atoms with Crippen LogP contribution in [0.5, 0.6) is 0 Å². The first kappa shape index (κ1) is 13.1. The Bertz CT molecular complexity index is 672. The first-order valence-electron chi connectivity index (χ1n) is 7.95. The molecule has 110 valence electrons. The van der Waals surface area contributed by atoms with Crippen molar-refractivity contribution in [2.24, 2.45) is 11.7 Å². The Morgan fingerprint density at radius 2 is 2.33 bits per heavy atom. The summed E-state index contributed by atoms with van der Waals surface area (Å²) in [7, 11) is 0. The van der Waals surface area contributed by atoms with Crippen molar-refractivity contribution in [1.29, 1.82) is 0 Å². The highest BCUT2D eigenvalue weighted by molar-refractivity contribution is 5.88. The van der Waals surface area contributed by atoms with Gasteiger partial charge in [0.25, 0.3) is 0 Å². The molecule has 0 spiro atoms. The van der Waals surface area contributed by atoms with E-state index in [4.69, 9.17) is 5.73 Å². The van der Waals surface area contributed by atoms with Crippen LogP contribution in [0.3, 0.4) is 0 Å². The van der Waals surface area contributed by atoms with E-state index in [1.807, 2.05) is 6.08 Å². The van der Waals surface area contributed by atoms with E-state index >= 15 is 0 Å². The molecular formula is C18H23N3. The number of hydrogen-bond acceptors (Lipinski definition) is 2. The third-order valence-corrected chi connectivity index (χ3v) is 5.36. The standard InChI is InChI=1S/C18H23N3/c1-2-6-21-11-12(9-19)7-15-14-4-3-5-16-18(14)13(10-20-16)8-17(15)21/h2-5,10,12,15,17,20H,1,6-9,11,19H2/t12-,15+,17+/m0/s1. The molecule has 1 aromatic heterocycles. The topological polar surface area (TPSA) is 45.0 Å². The lowest BCUT2D eigenvalue weighted by Crippen LogP contribution is -2.51. The lowest BCUT2D eigenvalue weighted by Gasteiger charge is -2.46.